The van der Waals surface area contributed by atoms with Crippen molar-refractivity contribution < 1.29 is 4.79 Å². The van der Waals surface area contributed by atoms with Crippen molar-refractivity contribution in [2.24, 2.45) is 0 Å². The predicted molar refractivity (Wildman–Crippen MR) is 125 cm³/mol. The van der Waals surface area contributed by atoms with Crippen LogP contribution in [0.2, 0.25) is 0 Å². The number of carbonyl (C=O) groups excluding carboxylic acids is 1. The highest BCUT2D eigenvalue weighted by Crippen LogP contribution is 2.22. The third-order valence-corrected chi connectivity index (χ3v) is 5.12. The first kappa shape index (κ1) is 22.5. The lowest BCUT2D eigenvalue weighted by Crippen LogP contribution is -2.50. The molecule has 164 valence electrons. The van der Waals surface area contributed by atoms with Gasteiger partial charge in [-0.25, -0.2) is 9.78 Å². The number of hydrogen-bond acceptors (Lipinski definition) is 3. The highest BCUT2D eigenvalue weighted by Gasteiger charge is 2.28. The molecule has 0 saturated heterocycles. The Labute approximate surface area is 183 Å². The zero-order chi connectivity index (χ0) is 22.6. The van der Waals surface area contributed by atoms with Crippen LogP contribution in [0.25, 0.3) is 10.9 Å². The number of fused-ring (bicyclic) bond motifs is 1. The number of carbonyl (C=O) groups is 1. The van der Waals surface area contributed by atoms with E-state index in [9.17, 15) is 9.59 Å². The molecule has 0 fully saturated rings. The van der Waals surface area contributed by atoms with Gasteiger partial charge in [-0.15, -0.1) is 0 Å². The van der Waals surface area contributed by atoms with E-state index in [2.05, 4.69) is 5.32 Å². The molecule has 3 aromatic rings. The molecule has 31 heavy (non-hydrogen) atoms. The summed E-state index contributed by atoms with van der Waals surface area (Å²) in [5, 5.41) is 3.63. The van der Waals surface area contributed by atoms with Crippen molar-refractivity contribution in [3.8, 4) is 0 Å². The highest BCUT2D eigenvalue weighted by molar-refractivity contribution is 5.78. The second-order valence-corrected chi connectivity index (χ2v) is 8.91. The van der Waals surface area contributed by atoms with Crippen molar-refractivity contribution in [2.45, 2.75) is 59.2 Å². The fourth-order valence-corrected chi connectivity index (χ4v) is 3.67. The first-order valence-corrected chi connectivity index (χ1v) is 10.8. The van der Waals surface area contributed by atoms with Crippen LogP contribution in [-0.2, 0) is 6.54 Å². The molecular weight excluding hydrogens is 388 g/mol. The summed E-state index contributed by atoms with van der Waals surface area (Å²) in [5.74, 6) is 0.588. The first-order chi connectivity index (χ1) is 14.7. The highest BCUT2D eigenvalue weighted by atomic mass is 16.2. The Kier molecular flexibility index (Phi) is 6.78. The largest absolute Gasteiger partial charge is 0.333 e. The maximum absolute atomic E-state index is 13.4. The van der Waals surface area contributed by atoms with Crippen LogP contribution in [0.15, 0.2) is 59.4 Å². The monoisotopic (exact) mass is 420 g/mol. The lowest BCUT2D eigenvalue weighted by atomic mass is 10.1. The van der Waals surface area contributed by atoms with E-state index < -0.39 is 0 Å². The predicted octanol–water partition coefficient (Wildman–Crippen LogP) is 4.73. The molecule has 1 N–H and O–H groups in total. The van der Waals surface area contributed by atoms with Gasteiger partial charge in [-0.1, -0.05) is 49.4 Å². The normalized spacial score (nSPS) is 12.5. The summed E-state index contributed by atoms with van der Waals surface area (Å²) in [6.07, 6.45) is 0.804. The number of benzene rings is 2. The van der Waals surface area contributed by atoms with Gasteiger partial charge in [0.2, 0.25) is 0 Å². The van der Waals surface area contributed by atoms with Crippen molar-refractivity contribution in [3.63, 3.8) is 0 Å². The first-order valence-electron chi connectivity index (χ1n) is 10.8. The quantitative estimate of drug-likeness (QED) is 0.627. The smallest absolute Gasteiger partial charge is 0.318 e. The van der Waals surface area contributed by atoms with Gasteiger partial charge in [-0.3, -0.25) is 9.36 Å². The molecule has 0 saturated carbocycles. The third kappa shape index (κ3) is 5.32. The Bertz CT molecular complexity index is 1100. The number of nitrogens with one attached hydrogen (secondary N) is 1. The second-order valence-electron chi connectivity index (χ2n) is 8.91. The fraction of sp³-hybridized carbons (Fsp3) is 0.400. The molecule has 1 aromatic heterocycles. The van der Waals surface area contributed by atoms with Crippen LogP contribution in [-0.4, -0.2) is 32.6 Å². The average molecular weight is 421 g/mol. The molecule has 1 atom stereocenters. The van der Waals surface area contributed by atoms with Crippen LogP contribution in [0.3, 0.4) is 0 Å². The van der Waals surface area contributed by atoms with Gasteiger partial charge in [0.1, 0.15) is 5.82 Å². The molecule has 2 amide bonds. The van der Waals surface area contributed by atoms with Crippen molar-refractivity contribution in [1.29, 1.82) is 0 Å². The van der Waals surface area contributed by atoms with E-state index in [0.717, 1.165) is 12.0 Å². The molecule has 3 rings (SSSR count). The molecular formula is C25H32N4O2. The molecule has 6 nitrogen and oxygen atoms in total. The minimum absolute atomic E-state index is 0.0935. The van der Waals surface area contributed by atoms with Crippen LogP contribution < -0.4 is 10.9 Å². The molecule has 1 heterocycles. The van der Waals surface area contributed by atoms with E-state index in [1.54, 1.807) is 15.5 Å². The number of amides is 2. The molecule has 2 aromatic carbocycles. The molecule has 0 bridgehead atoms. The molecule has 0 spiro atoms. The number of nitrogens with zero attached hydrogens (tertiary/aromatic N) is 3. The van der Waals surface area contributed by atoms with Gasteiger partial charge in [-0.05, 0) is 51.8 Å². The molecule has 6 heteroatoms. The van der Waals surface area contributed by atoms with E-state index in [1.165, 1.54) is 0 Å². The van der Waals surface area contributed by atoms with Crippen LogP contribution >= 0.6 is 0 Å². The Hall–Kier alpha value is -3.15. The summed E-state index contributed by atoms with van der Waals surface area (Å²) < 4.78 is 1.70. The Morgan fingerprint density at radius 3 is 2.39 bits per heavy atom. The van der Waals surface area contributed by atoms with Crippen molar-refractivity contribution in [2.75, 3.05) is 6.54 Å². The third-order valence-electron chi connectivity index (χ3n) is 5.12. The summed E-state index contributed by atoms with van der Waals surface area (Å²) in [5.41, 5.74) is 1.20. The minimum atomic E-state index is -0.372. The van der Waals surface area contributed by atoms with Gasteiger partial charge in [0.05, 0.1) is 23.5 Å². The number of aromatic nitrogens is 2. The standard InChI is InChI=1S/C25H32N4O2/c1-6-16-28(24(31)27-25(3,4)5)18(2)22-26-21-15-11-10-14-20(21)23(30)29(22)17-19-12-8-7-9-13-19/h7-15,18H,6,16-17H2,1-5H3,(H,27,31). The van der Waals surface area contributed by atoms with Crippen LogP contribution in [0, 0.1) is 0 Å². The van der Waals surface area contributed by atoms with Crippen LogP contribution in [0.4, 0.5) is 4.79 Å². The molecule has 0 aliphatic rings. The van der Waals surface area contributed by atoms with E-state index in [-0.39, 0.29) is 23.2 Å². The number of para-hydroxylation sites is 1. The van der Waals surface area contributed by atoms with Gasteiger partial charge in [0.15, 0.2) is 0 Å². The maximum Gasteiger partial charge on any atom is 0.318 e. The topological polar surface area (TPSA) is 67.2 Å². The molecule has 1 unspecified atom stereocenters. The zero-order valence-electron chi connectivity index (χ0n) is 19.1. The van der Waals surface area contributed by atoms with Crippen LogP contribution in [0.1, 0.15) is 58.5 Å². The van der Waals surface area contributed by atoms with Gasteiger partial charge >= 0.3 is 6.03 Å². The lowest BCUT2D eigenvalue weighted by molar-refractivity contribution is 0.166. The van der Waals surface area contributed by atoms with Gasteiger partial charge < -0.3 is 10.2 Å². The van der Waals surface area contributed by atoms with Gasteiger partial charge in [0.25, 0.3) is 5.56 Å². The second kappa shape index (κ2) is 9.33. The van der Waals surface area contributed by atoms with Crippen molar-refractivity contribution >= 4 is 16.9 Å². The van der Waals surface area contributed by atoms with Crippen molar-refractivity contribution in [3.05, 3.63) is 76.3 Å². The van der Waals surface area contributed by atoms with E-state index >= 15 is 0 Å². The SMILES string of the molecule is CCCN(C(=O)NC(C)(C)C)C(C)c1nc2ccccc2c(=O)n1Cc1ccccc1. The lowest BCUT2D eigenvalue weighted by Gasteiger charge is -2.33. The van der Waals surface area contributed by atoms with Gasteiger partial charge in [-0.2, -0.15) is 0 Å². The Balaban J connectivity index is 2.12. The number of urea groups is 1. The summed E-state index contributed by atoms with van der Waals surface area (Å²) in [6.45, 7) is 10.8. The van der Waals surface area contributed by atoms with E-state index in [1.807, 2.05) is 83.1 Å². The van der Waals surface area contributed by atoms with E-state index in [4.69, 9.17) is 4.98 Å². The minimum Gasteiger partial charge on any atom is -0.333 e. The maximum atomic E-state index is 13.4. The zero-order valence-corrected chi connectivity index (χ0v) is 19.1. The van der Waals surface area contributed by atoms with Gasteiger partial charge in [0, 0.05) is 12.1 Å². The fourth-order valence-electron chi connectivity index (χ4n) is 3.67. The van der Waals surface area contributed by atoms with Crippen molar-refractivity contribution in [1.82, 2.24) is 19.8 Å². The van der Waals surface area contributed by atoms with Crippen LogP contribution in [0.5, 0.6) is 0 Å². The molecule has 0 aliphatic carbocycles. The van der Waals surface area contributed by atoms with E-state index in [0.29, 0.717) is 29.8 Å². The average Bonchev–Trinajstić information content (AvgIpc) is 2.73. The summed E-state index contributed by atoms with van der Waals surface area (Å²) in [6, 6.07) is 16.7. The number of hydrogen-bond donors (Lipinski definition) is 1. The summed E-state index contributed by atoms with van der Waals surface area (Å²) in [4.78, 5) is 33.1. The summed E-state index contributed by atoms with van der Waals surface area (Å²) in [7, 11) is 0. The Morgan fingerprint density at radius 1 is 1.10 bits per heavy atom. The summed E-state index contributed by atoms with van der Waals surface area (Å²) >= 11 is 0. The molecule has 0 aliphatic heterocycles. The number of rotatable bonds is 6. The Morgan fingerprint density at radius 2 is 1.74 bits per heavy atom. The molecule has 0 radical (unpaired) electrons.